The van der Waals surface area contributed by atoms with Gasteiger partial charge in [0.15, 0.2) is 11.5 Å². The SMILES string of the molecule is O=C(NCCc1nnc2ccc(NCC3CCCO3)nn12)c1ccc(F)cc1. The number of nitrogens with zero attached hydrogens (tertiary/aromatic N) is 4. The van der Waals surface area contributed by atoms with Crippen LogP contribution in [0.25, 0.3) is 5.65 Å². The highest BCUT2D eigenvalue weighted by molar-refractivity contribution is 5.94. The summed E-state index contributed by atoms with van der Waals surface area (Å²) in [6.07, 6.45) is 2.84. The summed E-state index contributed by atoms with van der Waals surface area (Å²) in [5.74, 6) is 0.733. The van der Waals surface area contributed by atoms with Crippen LogP contribution in [0.2, 0.25) is 0 Å². The van der Waals surface area contributed by atoms with Crippen molar-refractivity contribution >= 4 is 17.4 Å². The highest BCUT2D eigenvalue weighted by atomic mass is 19.1. The lowest BCUT2D eigenvalue weighted by atomic mass is 10.2. The molecule has 0 radical (unpaired) electrons. The fraction of sp³-hybridized carbons (Fsp3) is 0.368. The Morgan fingerprint density at radius 3 is 2.86 bits per heavy atom. The smallest absolute Gasteiger partial charge is 0.251 e. The molecule has 2 aromatic heterocycles. The van der Waals surface area contributed by atoms with Crippen LogP contribution < -0.4 is 10.6 Å². The molecule has 1 unspecified atom stereocenters. The number of fused-ring (bicyclic) bond motifs is 1. The van der Waals surface area contributed by atoms with Gasteiger partial charge in [0.1, 0.15) is 11.6 Å². The van der Waals surface area contributed by atoms with Gasteiger partial charge in [0.2, 0.25) is 0 Å². The molecule has 1 atom stereocenters. The Morgan fingerprint density at radius 2 is 2.07 bits per heavy atom. The molecule has 1 aliphatic heterocycles. The van der Waals surface area contributed by atoms with Gasteiger partial charge >= 0.3 is 0 Å². The number of anilines is 1. The number of nitrogens with one attached hydrogen (secondary N) is 2. The van der Waals surface area contributed by atoms with Gasteiger partial charge in [-0.3, -0.25) is 4.79 Å². The second-order valence-electron chi connectivity index (χ2n) is 6.63. The maximum atomic E-state index is 12.9. The molecule has 146 valence electrons. The van der Waals surface area contributed by atoms with Crippen LogP contribution >= 0.6 is 0 Å². The van der Waals surface area contributed by atoms with E-state index in [1.807, 2.05) is 12.1 Å². The number of amides is 1. The molecule has 3 aromatic rings. The predicted molar refractivity (Wildman–Crippen MR) is 101 cm³/mol. The third kappa shape index (κ3) is 4.25. The van der Waals surface area contributed by atoms with Crippen LogP contribution in [0.1, 0.15) is 29.0 Å². The lowest BCUT2D eigenvalue weighted by Gasteiger charge is -2.11. The summed E-state index contributed by atoms with van der Waals surface area (Å²) in [4.78, 5) is 12.1. The summed E-state index contributed by atoms with van der Waals surface area (Å²) in [7, 11) is 0. The molecular formula is C19H21FN6O2. The lowest BCUT2D eigenvalue weighted by molar-refractivity contribution is 0.0954. The highest BCUT2D eigenvalue weighted by Gasteiger charge is 2.15. The quantitative estimate of drug-likeness (QED) is 0.646. The zero-order valence-electron chi connectivity index (χ0n) is 15.3. The monoisotopic (exact) mass is 384 g/mol. The number of halogens is 1. The van der Waals surface area contributed by atoms with Crippen molar-refractivity contribution in [2.24, 2.45) is 0 Å². The van der Waals surface area contributed by atoms with Crippen molar-refractivity contribution in [3.8, 4) is 0 Å². The van der Waals surface area contributed by atoms with Gasteiger partial charge in [-0.2, -0.15) is 4.52 Å². The van der Waals surface area contributed by atoms with Gasteiger partial charge in [-0.15, -0.1) is 15.3 Å². The zero-order chi connectivity index (χ0) is 19.3. The maximum Gasteiger partial charge on any atom is 0.251 e. The molecule has 1 amide bonds. The van der Waals surface area contributed by atoms with E-state index in [0.717, 1.165) is 25.3 Å². The van der Waals surface area contributed by atoms with Crippen molar-refractivity contribution < 1.29 is 13.9 Å². The van der Waals surface area contributed by atoms with Gasteiger partial charge in [0.05, 0.1) is 6.10 Å². The zero-order valence-corrected chi connectivity index (χ0v) is 15.3. The fourth-order valence-corrected chi connectivity index (χ4v) is 3.10. The van der Waals surface area contributed by atoms with Crippen molar-refractivity contribution in [2.75, 3.05) is 25.0 Å². The normalized spacial score (nSPS) is 16.4. The van der Waals surface area contributed by atoms with Crippen LogP contribution in [-0.4, -0.2) is 51.5 Å². The Kier molecular flexibility index (Phi) is 5.43. The molecule has 1 fully saturated rings. The van der Waals surface area contributed by atoms with Gasteiger partial charge in [0, 0.05) is 31.7 Å². The second-order valence-corrected chi connectivity index (χ2v) is 6.63. The fourth-order valence-electron chi connectivity index (χ4n) is 3.10. The Balaban J connectivity index is 1.35. The first kappa shape index (κ1) is 18.3. The Morgan fingerprint density at radius 1 is 1.21 bits per heavy atom. The van der Waals surface area contributed by atoms with E-state index in [1.165, 1.54) is 24.3 Å². The molecule has 1 aromatic carbocycles. The van der Waals surface area contributed by atoms with Gasteiger partial charge < -0.3 is 15.4 Å². The Labute approximate surface area is 161 Å². The Bertz CT molecular complexity index is 953. The standard InChI is InChI=1S/C19H21FN6O2/c20-14-5-3-13(4-6-14)19(27)21-10-9-18-24-23-17-8-7-16(25-26(17)18)22-12-15-2-1-11-28-15/h3-8,15H,1-2,9-12H2,(H,21,27)(H,22,25). The van der Waals surface area contributed by atoms with E-state index >= 15 is 0 Å². The number of hydrogen-bond acceptors (Lipinski definition) is 6. The maximum absolute atomic E-state index is 12.9. The van der Waals surface area contributed by atoms with Crippen LogP contribution in [0.3, 0.4) is 0 Å². The molecule has 9 heteroatoms. The van der Waals surface area contributed by atoms with E-state index in [0.29, 0.717) is 36.5 Å². The van der Waals surface area contributed by atoms with E-state index in [2.05, 4.69) is 25.9 Å². The molecule has 0 spiro atoms. The molecule has 3 heterocycles. The summed E-state index contributed by atoms with van der Waals surface area (Å²) in [5, 5.41) is 18.9. The summed E-state index contributed by atoms with van der Waals surface area (Å²) < 4.78 is 20.2. The number of benzene rings is 1. The van der Waals surface area contributed by atoms with Gasteiger partial charge in [0.25, 0.3) is 5.91 Å². The van der Waals surface area contributed by atoms with E-state index in [1.54, 1.807) is 4.52 Å². The molecule has 4 rings (SSSR count). The molecule has 1 aliphatic rings. The van der Waals surface area contributed by atoms with Crippen LogP contribution in [0, 0.1) is 5.82 Å². The lowest BCUT2D eigenvalue weighted by Crippen LogP contribution is -2.26. The first-order valence-corrected chi connectivity index (χ1v) is 9.29. The molecule has 0 bridgehead atoms. The van der Waals surface area contributed by atoms with Gasteiger partial charge in [-0.05, 0) is 49.2 Å². The summed E-state index contributed by atoms with van der Waals surface area (Å²) in [6.45, 7) is 1.90. The first-order valence-electron chi connectivity index (χ1n) is 9.29. The third-order valence-electron chi connectivity index (χ3n) is 4.60. The number of ether oxygens (including phenoxy) is 1. The average molecular weight is 384 g/mol. The van der Waals surface area contributed by atoms with Crippen molar-refractivity contribution in [2.45, 2.75) is 25.4 Å². The van der Waals surface area contributed by atoms with E-state index < -0.39 is 0 Å². The predicted octanol–water partition coefficient (Wildman–Crippen LogP) is 1.83. The third-order valence-corrected chi connectivity index (χ3v) is 4.60. The van der Waals surface area contributed by atoms with Crippen LogP contribution in [0.15, 0.2) is 36.4 Å². The Hall–Kier alpha value is -3.07. The molecule has 0 aliphatic carbocycles. The van der Waals surface area contributed by atoms with Crippen LogP contribution in [0.4, 0.5) is 10.2 Å². The molecule has 28 heavy (non-hydrogen) atoms. The minimum atomic E-state index is -0.374. The topological polar surface area (TPSA) is 93.4 Å². The van der Waals surface area contributed by atoms with Crippen LogP contribution in [-0.2, 0) is 11.2 Å². The number of carbonyl (C=O) groups is 1. The van der Waals surface area contributed by atoms with Crippen molar-refractivity contribution in [3.05, 3.63) is 53.6 Å². The van der Waals surface area contributed by atoms with E-state index in [9.17, 15) is 9.18 Å². The van der Waals surface area contributed by atoms with Crippen molar-refractivity contribution in [3.63, 3.8) is 0 Å². The number of hydrogen-bond donors (Lipinski definition) is 2. The van der Waals surface area contributed by atoms with E-state index in [-0.39, 0.29) is 17.8 Å². The molecular weight excluding hydrogens is 363 g/mol. The minimum absolute atomic E-state index is 0.222. The number of aromatic nitrogens is 4. The average Bonchev–Trinajstić information content (AvgIpc) is 3.37. The second kappa shape index (κ2) is 8.30. The first-order chi connectivity index (χ1) is 13.7. The molecule has 1 saturated heterocycles. The summed E-state index contributed by atoms with van der Waals surface area (Å²) in [6, 6.07) is 9.12. The van der Waals surface area contributed by atoms with Gasteiger partial charge in [-0.25, -0.2) is 4.39 Å². The summed E-state index contributed by atoms with van der Waals surface area (Å²) >= 11 is 0. The van der Waals surface area contributed by atoms with Gasteiger partial charge in [-0.1, -0.05) is 0 Å². The molecule has 2 N–H and O–H groups in total. The van der Waals surface area contributed by atoms with Crippen LogP contribution in [0.5, 0.6) is 0 Å². The number of rotatable bonds is 7. The minimum Gasteiger partial charge on any atom is -0.376 e. The van der Waals surface area contributed by atoms with E-state index in [4.69, 9.17) is 4.74 Å². The summed E-state index contributed by atoms with van der Waals surface area (Å²) in [5.41, 5.74) is 1.05. The van der Waals surface area contributed by atoms with Crippen molar-refractivity contribution in [1.29, 1.82) is 0 Å². The van der Waals surface area contributed by atoms with Crippen molar-refractivity contribution in [1.82, 2.24) is 25.1 Å². The molecule has 8 nitrogen and oxygen atoms in total. The molecule has 0 saturated carbocycles. The number of carbonyl (C=O) groups excluding carboxylic acids is 1. The largest absolute Gasteiger partial charge is 0.376 e. The highest BCUT2D eigenvalue weighted by Crippen LogP contribution is 2.13.